The summed E-state index contributed by atoms with van der Waals surface area (Å²) in [6.07, 6.45) is 4.21. The van der Waals surface area contributed by atoms with Crippen LogP contribution >= 0.6 is 23.2 Å². The third-order valence-corrected chi connectivity index (χ3v) is 4.50. The highest BCUT2D eigenvalue weighted by Gasteiger charge is 2.28. The fourth-order valence-corrected chi connectivity index (χ4v) is 2.90. The summed E-state index contributed by atoms with van der Waals surface area (Å²) >= 11 is 11.8. The maximum atomic E-state index is 12.4. The number of carbonyl (C=O) groups is 1. The van der Waals surface area contributed by atoms with Gasteiger partial charge in [-0.05, 0) is 31.0 Å². The van der Waals surface area contributed by atoms with Gasteiger partial charge in [-0.1, -0.05) is 36.0 Å². The van der Waals surface area contributed by atoms with Crippen molar-refractivity contribution < 1.29 is 4.79 Å². The molecule has 1 aromatic carbocycles. The summed E-state index contributed by atoms with van der Waals surface area (Å²) < 4.78 is 0. The molecule has 0 spiro atoms. The van der Waals surface area contributed by atoms with Crippen LogP contribution in [0.4, 0.5) is 0 Å². The molecule has 1 aliphatic carbocycles. The molecule has 5 heteroatoms. The van der Waals surface area contributed by atoms with E-state index in [1.807, 2.05) is 0 Å². The Morgan fingerprint density at radius 2 is 1.95 bits per heavy atom. The van der Waals surface area contributed by atoms with Crippen LogP contribution in [-0.2, 0) is 0 Å². The molecule has 3 nitrogen and oxygen atoms in total. The van der Waals surface area contributed by atoms with E-state index in [1.165, 1.54) is 0 Å². The molecule has 1 amide bonds. The highest BCUT2D eigenvalue weighted by atomic mass is 35.5. The SMILES string of the molecule is CN(C(=O)c1ccc(Cl)c(Cl)c1)[C@@H]1CCCC[C@@H]1N. The Morgan fingerprint density at radius 1 is 1.26 bits per heavy atom. The van der Waals surface area contributed by atoms with Crippen LogP contribution in [0.15, 0.2) is 18.2 Å². The Kier molecular flexibility index (Phi) is 4.71. The van der Waals surface area contributed by atoms with Gasteiger partial charge in [0.05, 0.1) is 10.0 Å². The quantitative estimate of drug-likeness (QED) is 0.910. The average molecular weight is 301 g/mol. The minimum Gasteiger partial charge on any atom is -0.337 e. The first kappa shape index (κ1) is 14.6. The van der Waals surface area contributed by atoms with E-state index in [-0.39, 0.29) is 18.0 Å². The summed E-state index contributed by atoms with van der Waals surface area (Å²) in [6, 6.07) is 5.12. The van der Waals surface area contributed by atoms with Gasteiger partial charge >= 0.3 is 0 Å². The van der Waals surface area contributed by atoms with E-state index in [0.717, 1.165) is 25.7 Å². The van der Waals surface area contributed by atoms with Crippen LogP contribution < -0.4 is 5.73 Å². The molecular formula is C14H18Cl2N2O. The number of carbonyl (C=O) groups excluding carboxylic acids is 1. The van der Waals surface area contributed by atoms with Gasteiger partial charge < -0.3 is 10.6 Å². The molecule has 0 unspecified atom stereocenters. The molecule has 1 aliphatic rings. The zero-order valence-corrected chi connectivity index (χ0v) is 12.4. The van der Waals surface area contributed by atoms with E-state index in [1.54, 1.807) is 30.1 Å². The fourth-order valence-electron chi connectivity index (χ4n) is 2.60. The number of benzene rings is 1. The van der Waals surface area contributed by atoms with Gasteiger partial charge in [-0.2, -0.15) is 0 Å². The second-order valence-electron chi connectivity index (χ2n) is 5.06. The van der Waals surface area contributed by atoms with Crippen LogP contribution in [0.5, 0.6) is 0 Å². The first-order valence-electron chi connectivity index (χ1n) is 6.48. The van der Waals surface area contributed by atoms with E-state index in [9.17, 15) is 4.79 Å². The Morgan fingerprint density at radius 3 is 2.58 bits per heavy atom. The van der Waals surface area contributed by atoms with Crippen LogP contribution in [-0.4, -0.2) is 29.9 Å². The second kappa shape index (κ2) is 6.12. The van der Waals surface area contributed by atoms with Crippen molar-refractivity contribution in [3.8, 4) is 0 Å². The Hall–Kier alpha value is -0.770. The third kappa shape index (κ3) is 3.22. The molecule has 104 valence electrons. The van der Waals surface area contributed by atoms with Crippen molar-refractivity contribution in [1.29, 1.82) is 0 Å². The lowest BCUT2D eigenvalue weighted by Gasteiger charge is -2.36. The maximum absolute atomic E-state index is 12.4. The number of hydrogen-bond acceptors (Lipinski definition) is 2. The van der Waals surface area contributed by atoms with Crippen LogP contribution in [0.2, 0.25) is 10.0 Å². The minimum absolute atomic E-state index is 0.0547. The molecule has 0 heterocycles. The van der Waals surface area contributed by atoms with Crippen molar-refractivity contribution in [2.75, 3.05) is 7.05 Å². The lowest BCUT2D eigenvalue weighted by Crippen LogP contribution is -2.50. The molecule has 2 rings (SSSR count). The van der Waals surface area contributed by atoms with Crippen LogP contribution in [0.1, 0.15) is 36.0 Å². The molecule has 0 aromatic heterocycles. The summed E-state index contributed by atoms with van der Waals surface area (Å²) in [5.41, 5.74) is 6.66. The van der Waals surface area contributed by atoms with Crippen LogP contribution in [0.3, 0.4) is 0 Å². The number of nitrogens with zero attached hydrogens (tertiary/aromatic N) is 1. The van der Waals surface area contributed by atoms with E-state index in [2.05, 4.69) is 0 Å². The Bertz CT molecular complexity index is 479. The predicted octanol–water partition coefficient (Wildman–Crippen LogP) is 3.34. The maximum Gasteiger partial charge on any atom is 0.253 e. The molecule has 1 fully saturated rings. The highest BCUT2D eigenvalue weighted by molar-refractivity contribution is 6.42. The fraction of sp³-hybridized carbons (Fsp3) is 0.500. The normalized spacial score (nSPS) is 23.2. The molecule has 2 atom stereocenters. The molecule has 0 bridgehead atoms. The molecule has 2 N–H and O–H groups in total. The van der Waals surface area contributed by atoms with Gasteiger partial charge in [-0.3, -0.25) is 4.79 Å². The minimum atomic E-state index is -0.0547. The van der Waals surface area contributed by atoms with E-state index in [0.29, 0.717) is 15.6 Å². The van der Waals surface area contributed by atoms with Crippen molar-refractivity contribution in [2.45, 2.75) is 37.8 Å². The highest BCUT2D eigenvalue weighted by Crippen LogP contribution is 2.25. The third-order valence-electron chi connectivity index (χ3n) is 3.77. The largest absolute Gasteiger partial charge is 0.337 e. The average Bonchev–Trinajstić information content (AvgIpc) is 2.41. The topological polar surface area (TPSA) is 46.3 Å². The second-order valence-corrected chi connectivity index (χ2v) is 5.88. The van der Waals surface area contributed by atoms with Gasteiger partial charge in [0.2, 0.25) is 0 Å². The summed E-state index contributed by atoms with van der Waals surface area (Å²) in [5.74, 6) is -0.0547. The molecular weight excluding hydrogens is 283 g/mol. The monoisotopic (exact) mass is 300 g/mol. The van der Waals surface area contributed by atoms with E-state index < -0.39 is 0 Å². The molecule has 0 radical (unpaired) electrons. The summed E-state index contributed by atoms with van der Waals surface area (Å²) in [7, 11) is 1.81. The number of hydrogen-bond donors (Lipinski definition) is 1. The number of halogens is 2. The standard InChI is InChI=1S/C14H18Cl2N2O/c1-18(13-5-3-2-4-12(13)17)14(19)9-6-7-10(15)11(16)8-9/h6-8,12-13H,2-5,17H2,1H3/t12-,13+/m0/s1. The lowest BCUT2D eigenvalue weighted by molar-refractivity contribution is 0.0672. The summed E-state index contributed by atoms with van der Waals surface area (Å²) in [4.78, 5) is 14.2. The van der Waals surface area contributed by atoms with Crippen molar-refractivity contribution in [3.63, 3.8) is 0 Å². The molecule has 0 saturated heterocycles. The van der Waals surface area contributed by atoms with Crippen LogP contribution in [0.25, 0.3) is 0 Å². The lowest BCUT2D eigenvalue weighted by atomic mass is 9.90. The van der Waals surface area contributed by atoms with Gasteiger partial charge in [-0.15, -0.1) is 0 Å². The summed E-state index contributed by atoms with van der Waals surface area (Å²) in [6.45, 7) is 0. The van der Waals surface area contributed by atoms with Crippen molar-refractivity contribution in [2.24, 2.45) is 5.73 Å². The van der Waals surface area contributed by atoms with Crippen molar-refractivity contribution in [1.82, 2.24) is 4.90 Å². The van der Waals surface area contributed by atoms with E-state index in [4.69, 9.17) is 28.9 Å². The predicted molar refractivity (Wildman–Crippen MR) is 78.8 cm³/mol. The van der Waals surface area contributed by atoms with E-state index >= 15 is 0 Å². The number of amides is 1. The molecule has 1 aromatic rings. The first-order valence-corrected chi connectivity index (χ1v) is 7.24. The Balaban J connectivity index is 2.15. The van der Waals surface area contributed by atoms with Crippen molar-refractivity contribution in [3.05, 3.63) is 33.8 Å². The first-order chi connectivity index (χ1) is 9.00. The zero-order valence-electron chi connectivity index (χ0n) is 10.9. The van der Waals surface area contributed by atoms with Gasteiger partial charge in [0.1, 0.15) is 0 Å². The smallest absolute Gasteiger partial charge is 0.253 e. The number of rotatable bonds is 2. The Labute approximate surface area is 123 Å². The van der Waals surface area contributed by atoms with Gasteiger partial charge in [-0.25, -0.2) is 0 Å². The zero-order chi connectivity index (χ0) is 14.0. The molecule has 1 saturated carbocycles. The van der Waals surface area contributed by atoms with Gasteiger partial charge in [0.25, 0.3) is 5.91 Å². The summed E-state index contributed by atoms with van der Waals surface area (Å²) in [5, 5.41) is 0.851. The van der Waals surface area contributed by atoms with Crippen molar-refractivity contribution >= 4 is 29.1 Å². The van der Waals surface area contributed by atoms with Crippen LogP contribution in [0, 0.1) is 0 Å². The molecule has 19 heavy (non-hydrogen) atoms. The molecule has 0 aliphatic heterocycles. The van der Waals surface area contributed by atoms with Gasteiger partial charge in [0, 0.05) is 24.7 Å². The number of likely N-dealkylation sites (N-methyl/N-ethyl adjacent to an activating group) is 1. The number of nitrogens with two attached hydrogens (primary N) is 1. The van der Waals surface area contributed by atoms with Gasteiger partial charge in [0.15, 0.2) is 0 Å².